The molecule has 0 N–H and O–H groups in total. The minimum atomic E-state index is 0.930. The molecule has 262 valence electrons. The Morgan fingerprint density at radius 2 is 0.696 bits per heavy atom. The Kier molecular flexibility index (Phi) is 7.49. The van der Waals surface area contributed by atoms with Crippen LogP contribution in [0.2, 0.25) is 0 Å². The lowest BCUT2D eigenvalue weighted by Gasteiger charge is -2.14. The number of fused-ring (bicyclic) bond motifs is 7. The summed E-state index contributed by atoms with van der Waals surface area (Å²) in [5.41, 5.74) is 15.7. The van der Waals surface area contributed by atoms with Gasteiger partial charge in [0.15, 0.2) is 0 Å². The lowest BCUT2D eigenvalue weighted by Crippen LogP contribution is -1.99. The fraction of sp³-hybridized carbons (Fsp3) is 0. The van der Waals surface area contributed by atoms with Crippen LogP contribution in [0.15, 0.2) is 212 Å². The van der Waals surface area contributed by atoms with E-state index in [0.717, 1.165) is 45.0 Å². The number of rotatable bonds is 6. The van der Waals surface area contributed by atoms with Gasteiger partial charge < -0.3 is 9.13 Å². The minimum absolute atomic E-state index is 0.930. The van der Waals surface area contributed by atoms with Gasteiger partial charge in [0.2, 0.25) is 0 Å². The normalized spacial score (nSPS) is 11.6. The van der Waals surface area contributed by atoms with E-state index in [2.05, 4.69) is 221 Å². The molecule has 3 heterocycles. The predicted octanol–water partition coefficient (Wildman–Crippen LogP) is 13.9. The van der Waals surface area contributed by atoms with E-state index in [1.54, 1.807) is 0 Å². The first kappa shape index (κ1) is 32.0. The van der Waals surface area contributed by atoms with Gasteiger partial charge in [-0.15, -0.1) is 0 Å². The summed E-state index contributed by atoms with van der Waals surface area (Å²) in [5, 5.41) is 4.93. The second kappa shape index (κ2) is 13.1. The maximum absolute atomic E-state index is 5.37. The molecule has 0 spiro atoms. The van der Waals surface area contributed by atoms with Crippen molar-refractivity contribution < 1.29 is 0 Å². The maximum Gasteiger partial charge on any atom is 0.0788 e. The highest BCUT2D eigenvalue weighted by molar-refractivity contribution is 6.23. The molecule has 3 aromatic heterocycles. The van der Waals surface area contributed by atoms with Crippen molar-refractivity contribution in [3.05, 3.63) is 212 Å². The first-order valence-corrected chi connectivity index (χ1v) is 19.1. The Morgan fingerprint density at radius 3 is 1.30 bits per heavy atom. The summed E-state index contributed by atoms with van der Waals surface area (Å²) in [6, 6.07) is 76.1. The SMILES string of the molecule is c1ccc(-c2ccc(-c3cc(-c4ccccc4)cc(-c4cccc(-n5c6ccccc6c6ccc7c8ccccc8n(-c8ccccc8)c7c65)c4)n3)cc2)cc1. The molecule has 8 aromatic carbocycles. The Hall–Kier alpha value is -7.49. The Balaban J connectivity index is 1.14. The summed E-state index contributed by atoms with van der Waals surface area (Å²) in [7, 11) is 0. The fourth-order valence-corrected chi connectivity index (χ4v) is 8.51. The predicted molar refractivity (Wildman–Crippen MR) is 235 cm³/mol. The molecule has 0 fully saturated rings. The van der Waals surface area contributed by atoms with Crippen LogP contribution in [0.4, 0.5) is 0 Å². The fourth-order valence-electron chi connectivity index (χ4n) is 8.51. The van der Waals surface area contributed by atoms with Gasteiger partial charge >= 0.3 is 0 Å². The van der Waals surface area contributed by atoms with E-state index in [9.17, 15) is 0 Å². The van der Waals surface area contributed by atoms with Crippen molar-refractivity contribution in [3.8, 4) is 56.1 Å². The van der Waals surface area contributed by atoms with Crippen LogP contribution < -0.4 is 0 Å². The largest absolute Gasteiger partial charge is 0.307 e. The molecule has 0 aliphatic carbocycles. The number of para-hydroxylation sites is 3. The molecule has 3 nitrogen and oxygen atoms in total. The molecule has 0 unspecified atom stereocenters. The van der Waals surface area contributed by atoms with Gasteiger partial charge in [-0.2, -0.15) is 0 Å². The number of hydrogen-bond acceptors (Lipinski definition) is 1. The van der Waals surface area contributed by atoms with Crippen molar-refractivity contribution in [2.45, 2.75) is 0 Å². The van der Waals surface area contributed by atoms with E-state index < -0.39 is 0 Å². The summed E-state index contributed by atoms with van der Waals surface area (Å²) < 4.78 is 4.89. The molecule has 0 atom stereocenters. The van der Waals surface area contributed by atoms with E-state index >= 15 is 0 Å². The van der Waals surface area contributed by atoms with Gasteiger partial charge in [0.25, 0.3) is 0 Å². The van der Waals surface area contributed by atoms with Gasteiger partial charge in [0.05, 0.1) is 33.5 Å². The molecule has 11 rings (SSSR count). The van der Waals surface area contributed by atoms with Crippen LogP contribution in [-0.4, -0.2) is 14.1 Å². The summed E-state index contributed by atoms with van der Waals surface area (Å²) in [6.45, 7) is 0. The molecule has 0 bridgehead atoms. The van der Waals surface area contributed by atoms with E-state index in [4.69, 9.17) is 4.98 Å². The van der Waals surface area contributed by atoms with Crippen LogP contribution in [0.25, 0.3) is 99.8 Å². The number of benzene rings is 8. The van der Waals surface area contributed by atoms with Crippen molar-refractivity contribution in [1.29, 1.82) is 0 Å². The van der Waals surface area contributed by atoms with Crippen LogP contribution in [-0.2, 0) is 0 Å². The third-order valence-electron chi connectivity index (χ3n) is 11.1. The highest BCUT2D eigenvalue weighted by Gasteiger charge is 2.21. The number of nitrogens with zero attached hydrogens (tertiary/aromatic N) is 3. The number of hydrogen-bond donors (Lipinski definition) is 0. The van der Waals surface area contributed by atoms with Crippen LogP contribution in [0.1, 0.15) is 0 Å². The zero-order valence-electron chi connectivity index (χ0n) is 30.5. The maximum atomic E-state index is 5.37. The molecular weight excluding hydrogens is 679 g/mol. The van der Waals surface area contributed by atoms with Crippen molar-refractivity contribution >= 4 is 43.6 Å². The average Bonchev–Trinajstić information content (AvgIpc) is 3.80. The van der Waals surface area contributed by atoms with Gasteiger partial charge in [-0.3, -0.25) is 0 Å². The van der Waals surface area contributed by atoms with E-state index in [1.807, 2.05) is 0 Å². The average molecular weight is 714 g/mol. The van der Waals surface area contributed by atoms with Gasteiger partial charge in [-0.1, -0.05) is 164 Å². The van der Waals surface area contributed by atoms with Gasteiger partial charge in [0, 0.05) is 44.0 Å². The molecule has 0 radical (unpaired) electrons. The van der Waals surface area contributed by atoms with Crippen LogP contribution >= 0.6 is 0 Å². The van der Waals surface area contributed by atoms with Crippen molar-refractivity contribution in [2.24, 2.45) is 0 Å². The lowest BCUT2D eigenvalue weighted by atomic mass is 9.98. The monoisotopic (exact) mass is 713 g/mol. The first-order chi connectivity index (χ1) is 27.8. The summed E-state index contributed by atoms with van der Waals surface area (Å²) in [4.78, 5) is 5.37. The summed E-state index contributed by atoms with van der Waals surface area (Å²) in [6.07, 6.45) is 0. The van der Waals surface area contributed by atoms with Crippen LogP contribution in [0, 0.1) is 0 Å². The molecule has 11 aromatic rings. The van der Waals surface area contributed by atoms with E-state index in [0.29, 0.717) is 0 Å². The van der Waals surface area contributed by atoms with Gasteiger partial charge in [-0.25, -0.2) is 4.98 Å². The Bertz CT molecular complexity index is 3210. The molecule has 0 aliphatic rings. The Labute approximate surface area is 325 Å². The number of aromatic nitrogens is 3. The van der Waals surface area contributed by atoms with Crippen LogP contribution in [0.3, 0.4) is 0 Å². The molecular formula is C53H35N3. The van der Waals surface area contributed by atoms with Crippen molar-refractivity contribution in [2.75, 3.05) is 0 Å². The zero-order valence-corrected chi connectivity index (χ0v) is 30.5. The third-order valence-corrected chi connectivity index (χ3v) is 11.1. The molecule has 0 saturated carbocycles. The highest BCUT2D eigenvalue weighted by Crippen LogP contribution is 2.42. The van der Waals surface area contributed by atoms with Crippen molar-refractivity contribution in [3.63, 3.8) is 0 Å². The summed E-state index contributed by atoms with van der Waals surface area (Å²) in [5.74, 6) is 0. The topological polar surface area (TPSA) is 22.8 Å². The van der Waals surface area contributed by atoms with E-state index in [-0.39, 0.29) is 0 Å². The van der Waals surface area contributed by atoms with E-state index in [1.165, 1.54) is 54.7 Å². The van der Waals surface area contributed by atoms with Crippen LogP contribution in [0.5, 0.6) is 0 Å². The summed E-state index contributed by atoms with van der Waals surface area (Å²) >= 11 is 0. The number of pyridine rings is 1. The first-order valence-electron chi connectivity index (χ1n) is 19.1. The van der Waals surface area contributed by atoms with Crippen molar-refractivity contribution in [1.82, 2.24) is 14.1 Å². The smallest absolute Gasteiger partial charge is 0.0788 e. The lowest BCUT2D eigenvalue weighted by molar-refractivity contribution is 1.15. The second-order valence-electron chi connectivity index (χ2n) is 14.4. The quantitative estimate of drug-likeness (QED) is 0.168. The molecule has 0 aliphatic heterocycles. The molecule has 3 heteroatoms. The minimum Gasteiger partial charge on any atom is -0.307 e. The standard InChI is InChI=1S/C53H35N3/c1-4-15-36(16-5-1)38-27-29-39(30-28-38)48-34-41(37-17-6-2-7-18-37)35-49(54-48)40-19-14-22-43(33-40)56-51-26-13-11-24-45(51)47-32-31-46-44-23-10-12-25-50(44)55(52(46)53(47)56)42-20-8-3-9-21-42/h1-35H. The molecule has 56 heavy (non-hydrogen) atoms. The highest BCUT2D eigenvalue weighted by atomic mass is 15.0. The second-order valence-corrected chi connectivity index (χ2v) is 14.4. The third kappa shape index (κ3) is 5.25. The Morgan fingerprint density at radius 1 is 0.268 bits per heavy atom. The van der Waals surface area contributed by atoms with Gasteiger partial charge in [-0.05, 0) is 70.8 Å². The molecule has 0 amide bonds. The van der Waals surface area contributed by atoms with Gasteiger partial charge in [0.1, 0.15) is 0 Å². The zero-order chi connectivity index (χ0) is 37.0. The molecule has 0 saturated heterocycles.